The predicted molar refractivity (Wildman–Crippen MR) is 156 cm³/mol. The molecule has 1 saturated heterocycles. The molecule has 3 N–H and O–H groups in total. The minimum Gasteiger partial charge on any atom is -0.358 e. The molecule has 1 saturated carbocycles. The average Bonchev–Trinajstić information content (AvgIpc) is 3.46. The van der Waals surface area contributed by atoms with E-state index in [1.165, 1.54) is 37.1 Å². The molecule has 6 rings (SSSR count). The molecule has 2 aromatic carbocycles. The van der Waals surface area contributed by atoms with Gasteiger partial charge in [-0.15, -0.1) is 0 Å². The summed E-state index contributed by atoms with van der Waals surface area (Å²) in [6, 6.07) is 8.00. The van der Waals surface area contributed by atoms with Crippen LogP contribution in [0.2, 0.25) is 0 Å². The van der Waals surface area contributed by atoms with Crippen molar-refractivity contribution < 1.29 is 26.8 Å². The number of aromatic nitrogens is 1. The number of aromatic amines is 1. The first-order chi connectivity index (χ1) is 20.0. The van der Waals surface area contributed by atoms with E-state index in [0.29, 0.717) is 46.4 Å². The summed E-state index contributed by atoms with van der Waals surface area (Å²) >= 11 is 0. The van der Waals surface area contributed by atoms with Crippen molar-refractivity contribution in [1.82, 2.24) is 15.2 Å². The van der Waals surface area contributed by atoms with Gasteiger partial charge in [-0.25, -0.2) is 17.2 Å². The molecule has 1 atom stereocenters. The van der Waals surface area contributed by atoms with Gasteiger partial charge in [-0.3, -0.25) is 9.59 Å². The number of nitrogens with one attached hydrogen (secondary N) is 3. The van der Waals surface area contributed by atoms with Gasteiger partial charge in [-0.2, -0.15) is 0 Å². The summed E-state index contributed by atoms with van der Waals surface area (Å²) in [6.45, 7) is 5.13. The van der Waals surface area contributed by atoms with E-state index in [9.17, 15) is 26.8 Å². The van der Waals surface area contributed by atoms with Crippen LogP contribution in [0.4, 0.5) is 14.5 Å². The number of sulfone groups is 1. The SMILES string of the molecule is Cc1[nH]c(C=C2C(=O)Nc3ccc(S(=O)(=O)Cc4c(F)cccc4F)cc32)c(C)c1C(=O)N1CCC[C@H]1CNC1CC1. The number of hydrogen-bond acceptors (Lipinski definition) is 5. The lowest BCUT2D eigenvalue weighted by atomic mass is 10.0. The van der Waals surface area contributed by atoms with E-state index in [1.807, 2.05) is 18.7 Å². The van der Waals surface area contributed by atoms with Gasteiger partial charge in [-0.05, 0) is 81.5 Å². The summed E-state index contributed by atoms with van der Waals surface area (Å²) in [5, 5.41) is 6.27. The molecule has 0 radical (unpaired) electrons. The molecule has 2 amide bonds. The molecular formula is C31H32F2N4O4S. The second-order valence-electron chi connectivity index (χ2n) is 11.3. The molecule has 220 valence electrons. The van der Waals surface area contributed by atoms with E-state index in [4.69, 9.17) is 0 Å². The molecule has 2 fully saturated rings. The summed E-state index contributed by atoms with van der Waals surface area (Å²) in [5.41, 5.74) is 2.97. The number of rotatable bonds is 8. The number of halogens is 2. The van der Waals surface area contributed by atoms with Gasteiger partial charge in [-0.1, -0.05) is 6.07 Å². The first-order valence-corrected chi connectivity index (χ1v) is 15.8. The molecule has 0 spiro atoms. The molecule has 42 heavy (non-hydrogen) atoms. The zero-order valence-electron chi connectivity index (χ0n) is 23.4. The van der Waals surface area contributed by atoms with Crippen LogP contribution in [-0.2, 0) is 20.4 Å². The summed E-state index contributed by atoms with van der Waals surface area (Å²) in [6.07, 6.45) is 5.89. The van der Waals surface area contributed by atoms with E-state index in [1.54, 1.807) is 6.08 Å². The van der Waals surface area contributed by atoms with Crippen LogP contribution in [0.1, 0.15) is 64.1 Å². The van der Waals surface area contributed by atoms with Crippen molar-refractivity contribution in [2.45, 2.75) is 62.3 Å². The van der Waals surface area contributed by atoms with Gasteiger partial charge >= 0.3 is 0 Å². The van der Waals surface area contributed by atoms with E-state index < -0.39 is 38.7 Å². The fourth-order valence-electron chi connectivity index (χ4n) is 5.88. The maximum Gasteiger partial charge on any atom is 0.256 e. The lowest BCUT2D eigenvalue weighted by molar-refractivity contribution is -0.110. The van der Waals surface area contributed by atoms with Gasteiger partial charge in [0.2, 0.25) is 0 Å². The van der Waals surface area contributed by atoms with Gasteiger partial charge in [0.15, 0.2) is 9.84 Å². The maximum atomic E-state index is 14.2. The second kappa shape index (κ2) is 10.8. The van der Waals surface area contributed by atoms with Crippen molar-refractivity contribution in [2.24, 2.45) is 0 Å². The maximum absolute atomic E-state index is 14.2. The van der Waals surface area contributed by atoms with Crippen LogP contribution in [0.15, 0.2) is 41.3 Å². The highest BCUT2D eigenvalue weighted by molar-refractivity contribution is 7.90. The molecule has 0 unspecified atom stereocenters. The van der Waals surface area contributed by atoms with Crippen LogP contribution < -0.4 is 10.6 Å². The summed E-state index contributed by atoms with van der Waals surface area (Å²) in [5.74, 6) is -3.22. The van der Waals surface area contributed by atoms with Crippen LogP contribution in [0, 0.1) is 25.5 Å². The molecule has 3 aromatic rings. The molecule has 1 aliphatic carbocycles. The van der Waals surface area contributed by atoms with Gasteiger partial charge in [0.25, 0.3) is 11.8 Å². The number of aryl methyl sites for hydroxylation is 1. The Balaban J connectivity index is 1.29. The number of carbonyl (C=O) groups excluding carboxylic acids is 2. The van der Waals surface area contributed by atoms with Gasteiger partial charge in [0, 0.05) is 53.4 Å². The van der Waals surface area contributed by atoms with Crippen molar-refractivity contribution in [1.29, 1.82) is 0 Å². The van der Waals surface area contributed by atoms with Gasteiger partial charge < -0.3 is 20.5 Å². The Labute approximate surface area is 243 Å². The minimum atomic E-state index is -4.15. The number of fused-ring (bicyclic) bond motifs is 1. The molecule has 1 aromatic heterocycles. The Morgan fingerprint density at radius 3 is 2.57 bits per heavy atom. The number of amides is 2. The van der Waals surface area contributed by atoms with E-state index in [2.05, 4.69) is 15.6 Å². The molecule has 2 aliphatic heterocycles. The van der Waals surface area contributed by atoms with Crippen molar-refractivity contribution in [2.75, 3.05) is 18.4 Å². The van der Waals surface area contributed by atoms with Crippen LogP contribution in [-0.4, -0.2) is 55.3 Å². The Morgan fingerprint density at radius 1 is 1.12 bits per heavy atom. The van der Waals surface area contributed by atoms with Crippen molar-refractivity contribution in [3.8, 4) is 0 Å². The number of benzene rings is 2. The standard InChI is InChI=1S/C31H32F2N4O4S/c1-17-28(35-18(2)29(17)31(39)37-12-4-5-20(37)15-34-19-8-9-19)14-23-22-13-21(10-11-27(22)36-30(23)38)42(40,41)16-24-25(32)6-3-7-26(24)33/h3,6-7,10-11,13-14,19-20,34-35H,4-5,8-9,12,15-16H2,1-2H3,(H,36,38)/t20-/m0/s1. The third kappa shape index (κ3) is 5.27. The van der Waals surface area contributed by atoms with Crippen LogP contribution >= 0.6 is 0 Å². The fraction of sp³-hybridized carbons (Fsp3) is 0.355. The molecule has 3 aliphatic rings. The minimum absolute atomic E-state index is 0.0453. The lowest BCUT2D eigenvalue weighted by Gasteiger charge is -2.25. The zero-order chi connectivity index (χ0) is 29.8. The Morgan fingerprint density at radius 2 is 1.86 bits per heavy atom. The predicted octanol–water partition coefficient (Wildman–Crippen LogP) is 4.73. The van der Waals surface area contributed by atoms with E-state index in [0.717, 1.165) is 31.5 Å². The van der Waals surface area contributed by atoms with Crippen LogP contribution in [0.5, 0.6) is 0 Å². The highest BCUT2D eigenvalue weighted by Crippen LogP contribution is 2.37. The van der Waals surface area contributed by atoms with Crippen molar-refractivity contribution >= 4 is 39.0 Å². The average molecular weight is 595 g/mol. The number of hydrogen-bond donors (Lipinski definition) is 3. The van der Waals surface area contributed by atoms with Crippen molar-refractivity contribution in [3.63, 3.8) is 0 Å². The highest BCUT2D eigenvalue weighted by atomic mass is 32.2. The Kier molecular flexibility index (Phi) is 7.26. The number of likely N-dealkylation sites (tertiary alicyclic amines) is 1. The summed E-state index contributed by atoms with van der Waals surface area (Å²) in [7, 11) is -4.15. The first-order valence-electron chi connectivity index (χ1n) is 14.1. The molecular weight excluding hydrogens is 562 g/mol. The third-order valence-corrected chi connectivity index (χ3v) is 10.0. The number of nitrogens with zero attached hydrogens (tertiary/aromatic N) is 1. The lowest BCUT2D eigenvalue weighted by Crippen LogP contribution is -2.42. The fourth-order valence-corrected chi connectivity index (χ4v) is 7.28. The van der Waals surface area contributed by atoms with E-state index >= 15 is 0 Å². The topological polar surface area (TPSA) is 111 Å². The van der Waals surface area contributed by atoms with E-state index in [-0.39, 0.29) is 22.4 Å². The highest BCUT2D eigenvalue weighted by Gasteiger charge is 2.34. The van der Waals surface area contributed by atoms with Crippen LogP contribution in [0.3, 0.4) is 0 Å². The van der Waals surface area contributed by atoms with Crippen LogP contribution in [0.25, 0.3) is 11.6 Å². The Hall–Kier alpha value is -3.83. The first kappa shape index (κ1) is 28.3. The molecule has 8 nitrogen and oxygen atoms in total. The second-order valence-corrected chi connectivity index (χ2v) is 13.3. The largest absolute Gasteiger partial charge is 0.358 e. The molecule has 11 heteroatoms. The summed E-state index contributed by atoms with van der Waals surface area (Å²) in [4.78, 5) is 31.7. The normalized spacial score (nSPS) is 19.4. The van der Waals surface area contributed by atoms with Gasteiger partial charge in [0.1, 0.15) is 11.6 Å². The third-order valence-electron chi connectivity index (χ3n) is 8.37. The zero-order valence-corrected chi connectivity index (χ0v) is 24.2. The number of anilines is 1. The quantitative estimate of drug-likeness (QED) is 0.327. The smallest absolute Gasteiger partial charge is 0.256 e. The monoisotopic (exact) mass is 594 g/mol. The number of H-pyrrole nitrogens is 1. The summed E-state index contributed by atoms with van der Waals surface area (Å²) < 4.78 is 54.7. The van der Waals surface area contributed by atoms with Gasteiger partial charge in [0.05, 0.1) is 21.8 Å². The number of carbonyl (C=O) groups is 2. The Bertz CT molecular complexity index is 1720. The molecule has 0 bridgehead atoms. The molecule has 3 heterocycles. The van der Waals surface area contributed by atoms with Crippen molar-refractivity contribution in [3.05, 3.63) is 81.7 Å².